The van der Waals surface area contributed by atoms with Gasteiger partial charge in [0.2, 0.25) is 0 Å². The number of nitrogens with one attached hydrogen (secondary N) is 1. The number of halogens is 2. The molecule has 0 aliphatic carbocycles. The van der Waals surface area contributed by atoms with Crippen molar-refractivity contribution in [1.29, 1.82) is 0 Å². The number of aryl methyl sites for hydroxylation is 1. The van der Waals surface area contributed by atoms with E-state index in [-0.39, 0.29) is 0 Å². The summed E-state index contributed by atoms with van der Waals surface area (Å²) in [5.41, 5.74) is 7.33. The Kier molecular flexibility index (Phi) is 8.72. The highest BCUT2D eigenvalue weighted by atomic mass is 79.9. The third kappa shape index (κ3) is 6.30. The van der Waals surface area contributed by atoms with Crippen LogP contribution in [0.15, 0.2) is 85.8 Å². The van der Waals surface area contributed by atoms with E-state index in [1.54, 1.807) is 13.3 Å². The van der Waals surface area contributed by atoms with E-state index in [1.807, 2.05) is 73.7 Å². The summed E-state index contributed by atoms with van der Waals surface area (Å²) in [4.78, 5) is 9.72. The summed E-state index contributed by atoms with van der Waals surface area (Å²) in [5.74, 6) is 1.90. The Hall–Kier alpha value is -3.23. The molecule has 1 N–H and O–H groups in total. The van der Waals surface area contributed by atoms with Crippen LogP contribution in [0.5, 0.6) is 11.5 Å². The van der Waals surface area contributed by atoms with Crippen LogP contribution in [0.4, 0.5) is 5.69 Å². The number of para-hydroxylation sites is 1. The molecule has 0 aliphatic rings. The lowest BCUT2D eigenvalue weighted by atomic mass is 10.2. The minimum atomic E-state index is 0.526. The highest BCUT2D eigenvalue weighted by Gasteiger charge is 2.11. The van der Waals surface area contributed by atoms with Crippen molar-refractivity contribution in [1.82, 2.24) is 10.4 Å². The zero-order chi connectivity index (χ0) is 25.5. The molecule has 0 amide bonds. The number of fused-ring (bicyclic) bond motifs is 1. The van der Waals surface area contributed by atoms with Gasteiger partial charge in [-0.3, -0.25) is 5.43 Å². The topological polar surface area (TPSA) is 68.1 Å². The number of pyridine rings is 1. The van der Waals surface area contributed by atoms with Crippen LogP contribution in [0.1, 0.15) is 30.2 Å². The molecule has 1 aromatic heterocycles. The minimum Gasteiger partial charge on any atom is -0.493 e. The van der Waals surface area contributed by atoms with Crippen LogP contribution < -0.4 is 14.9 Å². The van der Waals surface area contributed by atoms with Gasteiger partial charge in [0.05, 0.1) is 31.1 Å². The Bertz CT molecular complexity index is 1410. The van der Waals surface area contributed by atoms with Crippen LogP contribution in [0.25, 0.3) is 10.9 Å². The molecular weight excluding hydrogens is 584 g/mol. The third-order valence-electron chi connectivity index (χ3n) is 5.32. The second-order valence-electron chi connectivity index (χ2n) is 8.03. The fourth-order valence-electron chi connectivity index (χ4n) is 3.55. The molecule has 184 valence electrons. The molecule has 3 aromatic carbocycles. The smallest absolute Gasteiger partial charge is 0.173 e. The van der Waals surface area contributed by atoms with Crippen LogP contribution in [-0.4, -0.2) is 30.8 Å². The first-order valence-corrected chi connectivity index (χ1v) is 13.1. The lowest BCUT2D eigenvalue weighted by molar-refractivity contribution is 0.294. The molecule has 1 heterocycles. The van der Waals surface area contributed by atoms with E-state index in [1.165, 1.54) is 0 Å². The van der Waals surface area contributed by atoms with Crippen LogP contribution in [-0.2, 0) is 0 Å². The molecule has 8 heteroatoms. The van der Waals surface area contributed by atoms with Gasteiger partial charge >= 0.3 is 0 Å². The van der Waals surface area contributed by atoms with Crippen molar-refractivity contribution >= 4 is 60.5 Å². The Balaban J connectivity index is 1.68. The lowest BCUT2D eigenvalue weighted by Crippen LogP contribution is -2.20. The van der Waals surface area contributed by atoms with E-state index in [0.717, 1.165) is 43.1 Å². The number of hydrogen-bond acceptors (Lipinski definition) is 5. The Morgan fingerprint density at radius 2 is 1.86 bits per heavy atom. The van der Waals surface area contributed by atoms with Gasteiger partial charge in [-0.2, -0.15) is 5.10 Å². The van der Waals surface area contributed by atoms with Gasteiger partial charge < -0.3 is 9.47 Å². The molecule has 36 heavy (non-hydrogen) atoms. The second kappa shape index (κ2) is 12.1. The maximum atomic E-state index is 5.74. The summed E-state index contributed by atoms with van der Waals surface area (Å²) in [6.07, 6.45) is 2.64. The minimum absolute atomic E-state index is 0.526. The molecule has 0 atom stereocenters. The predicted molar refractivity (Wildman–Crippen MR) is 154 cm³/mol. The van der Waals surface area contributed by atoms with Crippen molar-refractivity contribution in [2.75, 3.05) is 13.7 Å². The van der Waals surface area contributed by atoms with Gasteiger partial charge in [-0.05, 0) is 82.9 Å². The summed E-state index contributed by atoms with van der Waals surface area (Å²) < 4.78 is 13.1. The predicted octanol–water partition coefficient (Wildman–Crippen LogP) is 7.57. The number of rotatable bonds is 8. The van der Waals surface area contributed by atoms with Gasteiger partial charge in [0, 0.05) is 14.3 Å². The zero-order valence-electron chi connectivity index (χ0n) is 20.3. The fourth-order valence-corrected chi connectivity index (χ4v) is 5.08. The van der Waals surface area contributed by atoms with Crippen LogP contribution in [0.3, 0.4) is 0 Å². The van der Waals surface area contributed by atoms with Crippen LogP contribution >= 0.6 is 31.9 Å². The Labute approximate surface area is 227 Å². The summed E-state index contributed by atoms with van der Waals surface area (Å²) >= 11 is 7.17. The monoisotopic (exact) mass is 608 g/mol. The van der Waals surface area contributed by atoms with Crippen molar-refractivity contribution in [3.8, 4) is 11.5 Å². The molecule has 4 aromatic rings. The van der Waals surface area contributed by atoms with Gasteiger partial charge in [0.25, 0.3) is 0 Å². The Morgan fingerprint density at radius 3 is 2.64 bits per heavy atom. The third-order valence-corrected chi connectivity index (χ3v) is 6.38. The van der Waals surface area contributed by atoms with Gasteiger partial charge in [-0.1, -0.05) is 47.1 Å². The van der Waals surface area contributed by atoms with Gasteiger partial charge in [-0.15, -0.1) is 0 Å². The molecule has 0 saturated heterocycles. The Morgan fingerprint density at radius 1 is 1.03 bits per heavy atom. The first kappa shape index (κ1) is 25.9. The number of aliphatic imine (C=N–C) groups is 1. The van der Waals surface area contributed by atoms with Crippen molar-refractivity contribution < 1.29 is 9.47 Å². The highest BCUT2D eigenvalue weighted by molar-refractivity contribution is 9.11. The van der Waals surface area contributed by atoms with Gasteiger partial charge in [0.15, 0.2) is 17.3 Å². The largest absolute Gasteiger partial charge is 0.493 e. The van der Waals surface area contributed by atoms with Crippen molar-refractivity contribution in [2.45, 2.75) is 20.3 Å². The standard InChI is InChI=1S/C28H26Br2N4O2/c1-4-13-36-25-12-9-19(15-26(25)35-3)17-31-34-28(33-27-18(2)14-21(29)16-22(27)30)24-11-10-20-7-5-6-8-23(20)32-24/h5-12,14-17H,4,13H2,1-3H3,(H,33,34). The maximum absolute atomic E-state index is 5.74. The van der Waals surface area contributed by atoms with Gasteiger partial charge in [-0.25, -0.2) is 9.98 Å². The van der Waals surface area contributed by atoms with E-state index >= 15 is 0 Å². The average Bonchev–Trinajstić information content (AvgIpc) is 2.88. The number of hydrazone groups is 1. The summed E-state index contributed by atoms with van der Waals surface area (Å²) in [6.45, 7) is 4.71. The number of aromatic nitrogens is 1. The summed E-state index contributed by atoms with van der Waals surface area (Å²) in [7, 11) is 1.63. The molecule has 0 radical (unpaired) electrons. The van der Waals surface area contributed by atoms with E-state index < -0.39 is 0 Å². The SMILES string of the molecule is CCCOc1ccc(C=NNC(=Nc2c(C)cc(Br)cc2Br)c2ccc3ccccc3n2)cc1OC. The van der Waals surface area contributed by atoms with Crippen LogP contribution in [0.2, 0.25) is 0 Å². The normalized spacial score (nSPS) is 11.8. The molecule has 0 fully saturated rings. The van der Waals surface area contributed by atoms with E-state index in [2.05, 4.69) is 49.3 Å². The average molecular weight is 610 g/mol. The molecule has 4 rings (SSSR count). The fraction of sp³-hybridized carbons (Fsp3) is 0.179. The van der Waals surface area contributed by atoms with Crippen molar-refractivity contribution in [2.24, 2.45) is 10.1 Å². The molecule has 0 bridgehead atoms. The number of nitrogens with zero attached hydrogens (tertiary/aromatic N) is 3. The summed E-state index contributed by atoms with van der Waals surface area (Å²) in [5, 5.41) is 5.53. The zero-order valence-corrected chi connectivity index (χ0v) is 23.4. The number of methoxy groups -OCH3 is 1. The highest BCUT2D eigenvalue weighted by Crippen LogP contribution is 2.33. The molecule has 6 nitrogen and oxygen atoms in total. The maximum Gasteiger partial charge on any atom is 0.173 e. The van der Waals surface area contributed by atoms with Crippen molar-refractivity contribution in [3.05, 3.63) is 92.5 Å². The first-order valence-electron chi connectivity index (χ1n) is 11.5. The number of ether oxygens (including phenoxy) is 2. The number of benzene rings is 3. The molecule has 0 spiro atoms. The lowest BCUT2D eigenvalue weighted by Gasteiger charge is -2.11. The van der Waals surface area contributed by atoms with Gasteiger partial charge in [0.1, 0.15) is 5.69 Å². The molecular formula is C28H26Br2N4O2. The molecule has 0 saturated carbocycles. The quantitative estimate of drug-likeness (QED) is 0.127. The van der Waals surface area contributed by atoms with E-state index in [0.29, 0.717) is 29.6 Å². The second-order valence-corrected chi connectivity index (χ2v) is 9.80. The molecule has 0 aliphatic heterocycles. The number of hydrogen-bond donors (Lipinski definition) is 1. The van der Waals surface area contributed by atoms with Crippen molar-refractivity contribution in [3.63, 3.8) is 0 Å². The molecule has 0 unspecified atom stereocenters. The van der Waals surface area contributed by atoms with Crippen LogP contribution in [0, 0.1) is 6.92 Å². The number of amidine groups is 1. The summed E-state index contributed by atoms with van der Waals surface area (Å²) in [6, 6.07) is 21.6. The van der Waals surface area contributed by atoms with E-state index in [9.17, 15) is 0 Å². The van der Waals surface area contributed by atoms with E-state index in [4.69, 9.17) is 19.5 Å². The first-order chi connectivity index (χ1) is 17.5.